The van der Waals surface area contributed by atoms with Crippen LogP contribution in [0.5, 0.6) is 0 Å². The van der Waals surface area contributed by atoms with Crippen molar-refractivity contribution in [2.45, 2.75) is 63.5 Å². The fourth-order valence-electron chi connectivity index (χ4n) is 5.45. The topological polar surface area (TPSA) is 136 Å². The standard InChI is InChI=1S/C24H29FN8O3S/c1-14-8-18(30-29-17(14)9-26)33-12-23(4,5)19-20(27-13-28-21(19)33)31-10-16(3)32(11-15(31)2)22(34)24(25)6-7-37(24,35)36/h8,13,15-16H,6-7,10-12H2,1-5H3/t15-,16+,24?/m0/s1. The summed E-state index contributed by atoms with van der Waals surface area (Å²) in [5, 5.41) is 14.7. The predicted octanol–water partition coefficient (Wildman–Crippen LogP) is 1.79. The number of rotatable bonds is 3. The molecule has 11 nitrogen and oxygen atoms in total. The quantitative estimate of drug-likeness (QED) is 0.580. The Morgan fingerprint density at radius 3 is 2.46 bits per heavy atom. The Morgan fingerprint density at radius 2 is 1.86 bits per heavy atom. The molecule has 2 aromatic heterocycles. The number of alkyl halides is 1. The Balaban J connectivity index is 1.47. The molecule has 0 radical (unpaired) electrons. The number of amides is 1. The molecular weight excluding hydrogens is 499 g/mol. The Hall–Kier alpha value is -3.40. The molecule has 0 bridgehead atoms. The molecule has 3 aliphatic heterocycles. The van der Waals surface area contributed by atoms with Crippen LogP contribution in [0.3, 0.4) is 0 Å². The zero-order chi connectivity index (χ0) is 26.9. The van der Waals surface area contributed by atoms with Crippen molar-refractivity contribution in [3.8, 4) is 6.07 Å². The van der Waals surface area contributed by atoms with Gasteiger partial charge in [0.2, 0.25) is 0 Å². The molecule has 0 spiro atoms. The van der Waals surface area contributed by atoms with Gasteiger partial charge in [-0.25, -0.2) is 22.8 Å². The summed E-state index contributed by atoms with van der Waals surface area (Å²) in [6.45, 7) is 10.8. The number of anilines is 3. The molecule has 37 heavy (non-hydrogen) atoms. The van der Waals surface area contributed by atoms with Gasteiger partial charge in [-0.15, -0.1) is 10.2 Å². The van der Waals surface area contributed by atoms with Crippen LogP contribution in [-0.2, 0) is 20.0 Å². The van der Waals surface area contributed by atoms with E-state index in [1.165, 1.54) is 11.2 Å². The average molecular weight is 529 g/mol. The highest BCUT2D eigenvalue weighted by Crippen LogP contribution is 2.47. The fraction of sp³-hybridized carbons (Fsp3) is 0.583. The van der Waals surface area contributed by atoms with E-state index in [4.69, 9.17) is 0 Å². The number of halogens is 1. The van der Waals surface area contributed by atoms with Gasteiger partial charge in [0, 0.05) is 49.1 Å². The van der Waals surface area contributed by atoms with E-state index >= 15 is 4.39 Å². The van der Waals surface area contributed by atoms with Crippen molar-refractivity contribution in [2.75, 3.05) is 35.2 Å². The number of nitriles is 1. The Labute approximate surface area is 215 Å². The normalized spacial score (nSPS) is 27.9. The van der Waals surface area contributed by atoms with Crippen molar-refractivity contribution in [1.29, 1.82) is 5.26 Å². The van der Waals surface area contributed by atoms with Crippen molar-refractivity contribution >= 4 is 33.2 Å². The van der Waals surface area contributed by atoms with E-state index in [1.54, 1.807) is 6.92 Å². The third-order valence-corrected chi connectivity index (χ3v) is 9.78. The van der Waals surface area contributed by atoms with Gasteiger partial charge in [-0.3, -0.25) is 4.79 Å². The van der Waals surface area contributed by atoms with Crippen molar-refractivity contribution in [1.82, 2.24) is 25.1 Å². The number of piperazine rings is 1. The van der Waals surface area contributed by atoms with Crippen LogP contribution in [0, 0.1) is 18.3 Å². The molecule has 3 aliphatic rings. The second-order valence-electron chi connectivity index (χ2n) is 10.8. The number of aromatic nitrogens is 4. The maximum absolute atomic E-state index is 15.1. The highest BCUT2D eigenvalue weighted by atomic mass is 32.2. The smallest absolute Gasteiger partial charge is 0.288 e. The maximum atomic E-state index is 15.1. The van der Waals surface area contributed by atoms with Crippen LogP contribution in [0.1, 0.15) is 50.9 Å². The molecule has 5 heterocycles. The maximum Gasteiger partial charge on any atom is 0.288 e. The van der Waals surface area contributed by atoms with Crippen molar-refractivity contribution in [3.05, 3.63) is 29.2 Å². The van der Waals surface area contributed by atoms with Gasteiger partial charge in [-0.2, -0.15) is 5.26 Å². The molecule has 0 aromatic carbocycles. The summed E-state index contributed by atoms with van der Waals surface area (Å²) < 4.78 is 39.1. The van der Waals surface area contributed by atoms with Gasteiger partial charge in [0.1, 0.15) is 24.0 Å². The third kappa shape index (κ3) is 3.72. The molecule has 1 amide bonds. The second-order valence-corrected chi connectivity index (χ2v) is 13.1. The SMILES string of the molecule is Cc1cc(N2CC(C)(C)c3c2ncnc3N2C[C@@H](C)N(C(=O)C3(F)CCS3(=O)=O)C[C@@H]2C)nnc1C#N. The lowest BCUT2D eigenvalue weighted by Crippen LogP contribution is -2.66. The lowest BCUT2D eigenvalue weighted by atomic mass is 9.87. The number of sulfone groups is 1. The average Bonchev–Trinajstić information content (AvgIpc) is 3.14. The fourth-order valence-corrected chi connectivity index (χ4v) is 6.73. The van der Waals surface area contributed by atoms with E-state index in [-0.39, 0.29) is 35.9 Å². The number of hydrogen-bond acceptors (Lipinski definition) is 10. The molecule has 2 fully saturated rings. The molecule has 0 N–H and O–H groups in total. The monoisotopic (exact) mass is 528 g/mol. The molecule has 0 aliphatic carbocycles. The molecule has 3 atom stereocenters. The van der Waals surface area contributed by atoms with Crippen molar-refractivity contribution < 1.29 is 17.6 Å². The van der Waals surface area contributed by atoms with E-state index in [9.17, 15) is 18.5 Å². The van der Waals surface area contributed by atoms with Crippen LogP contribution in [0.15, 0.2) is 12.4 Å². The third-order valence-electron chi connectivity index (χ3n) is 7.67. The molecule has 2 saturated heterocycles. The summed E-state index contributed by atoms with van der Waals surface area (Å²) in [7, 11) is -4.07. The number of hydrogen-bond donors (Lipinski definition) is 0. The number of carbonyl (C=O) groups is 1. The predicted molar refractivity (Wildman–Crippen MR) is 134 cm³/mol. The van der Waals surface area contributed by atoms with E-state index in [1.807, 2.05) is 30.9 Å². The Kier molecular flexibility index (Phi) is 5.67. The lowest BCUT2D eigenvalue weighted by molar-refractivity contribution is -0.142. The second kappa shape index (κ2) is 8.31. The van der Waals surface area contributed by atoms with E-state index in [0.29, 0.717) is 30.5 Å². The zero-order valence-electron chi connectivity index (χ0n) is 21.4. The molecule has 196 valence electrons. The highest BCUT2D eigenvalue weighted by molar-refractivity contribution is 7.94. The van der Waals surface area contributed by atoms with Gasteiger partial charge >= 0.3 is 0 Å². The largest absolute Gasteiger partial charge is 0.350 e. The first-order valence-corrected chi connectivity index (χ1v) is 13.8. The van der Waals surface area contributed by atoms with Crippen LogP contribution in [0.2, 0.25) is 0 Å². The number of nitrogens with zero attached hydrogens (tertiary/aromatic N) is 8. The Morgan fingerprint density at radius 1 is 1.16 bits per heavy atom. The summed E-state index contributed by atoms with van der Waals surface area (Å²) in [5.41, 5.74) is 1.54. The molecule has 13 heteroatoms. The summed E-state index contributed by atoms with van der Waals surface area (Å²) >= 11 is 0. The summed E-state index contributed by atoms with van der Waals surface area (Å²) in [5.74, 6) is 0.719. The lowest BCUT2D eigenvalue weighted by Gasteiger charge is -2.47. The minimum atomic E-state index is -4.07. The first-order valence-electron chi connectivity index (χ1n) is 12.2. The van der Waals surface area contributed by atoms with Gasteiger partial charge < -0.3 is 14.7 Å². The molecule has 5 rings (SSSR count). The number of carbonyl (C=O) groups excluding carboxylic acids is 1. The minimum absolute atomic E-state index is 0.171. The van der Waals surface area contributed by atoms with Gasteiger partial charge in [-0.05, 0) is 32.4 Å². The number of fused-ring (bicyclic) bond motifs is 1. The van der Waals surface area contributed by atoms with Crippen LogP contribution >= 0.6 is 0 Å². The molecule has 2 aromatic rings. The minimum Gasteiger partial charge on any atom is -0.350 e. The first-order chi connectivity index (χ1) is 17.3. The Bertz CT molecular complexity index is 1440. The van der Waals surface area contributed by atoms with Gasteiger partial charge in [0.15, 0.2) is 21.3 Å². The summed E-state index contributed by atoms with van der Waals surface area (Å²) in [4.78, 5) is 27.6. The van der Waals surface area contributed by atoms with Gasteiger partial charge in [-0.1, -0.05) is 13.8 Å². The van der Waals surface area contributed by atoms with Crippen molar-refractivity contribution in [2.24, 2.45) is 0 Å². The molecular formula is C24H29FN8O3S. The zero-order valence-corrected chi connectivity index (χ0v) is 22.3. The van der Waals surface area contributed by atoms with Crippen molar-refractivity contribution in [3.63, 3.8) is 0 Å². The van der Waals surface area contributed by atoms with E-state index in [2.05, 4.69) is 38.9 Å². The summed E-state index contributed by atoms with van der Waals surface area (Å²) in [6.07, 6.45) is 1.19. The molecule has 0 saturated carbocycles. The summed E-state index contributed by atoms with van der Waals surface area (Å²) in [6, 6.07) is 3.18. The first kappa shape index (κ1) is 25.3. The molecule has 1 unspecified atom stereocenters. The van der Waals surface area contributed by atoms with E-state index in [0.717, 1.165) is 11.1 Å². The highest BCUT2D eigenvalue weighted by Gasteiger charge is 2.61. The van der Waals surface area contributed by atoms with Gasteiger partial charge in [0.05, 0.1) is 5.75 Å². The van der Waals surface area contributed by atoms with Gasteiger partial charge in [0.25, 0.3) is 10.9 Å². The van der Waals surface area contributed by atoms with Crippen LogP contribution < -0.4 is 9.80 Å². The van der Waals surface area contributed by atoms with E-state index < -0.39 is 26.8 Å². The number of aryl methyl sites for hydroxylation is 1. The van der Waals surface area contributed by atoms with Crippen LogP contribution in [-0.4, -0.2) is 81.9 Å². The van der Waals surface area contributed by atoms with Crippen LogP contribution in [0.4, 0.5) is 21.8 Å². The van der Waals surface area contributed by atoms with Crippen LogP contribution in [0.25, 0.3) is 0 Å².